The predicted molar refractivity (Wildman–Crippen MR) is 98.6 cm³/mol. The first-order valence-corrected chi connectivity index (χ1v) is 9.36. The van der Waals surface area contributed by atoms with Crippen LogP contribution >= 0.6 is 11.8 Å². The molecule has 2 aromatic rings. The molecular formula is C18H27N3OS. The second-order valence-corrected chi connectivity index (χ2v) is 7.86. The highest BCUT2D eigenvalue weighted by Crippen LogP contribution is 2.27. The van der Waals surface area contributed by atoms with E-state index in [0.717, 1.165) is 29.7 Å². The van der Waals surface area contributed by atoms with Gasteiger partial charge in [0.25, 0.3) is 0 Å². The van der Waals surface area contributed by atoms with Crippen molar-refractivity contribution < 1.29 is 4.79 Å². The molecule has 1 aromatic carbocycles. The summed E-state index contributed by atoms with van der Waals surface area (Å²) in [6.45, 7) is 8.57. The number of nitrogens with one attached hydrogen (secondary N) is 2. The molecule has 5 heteroatoms. The van der Waals surface area contributed by atoms with Gasteiger partial charge in [0.1, 0.15) is 5.82 Å². The maximum atomic E-state index is 12.0. The lowest BCUT2D eigenvalue weighted by molar-refractivity contribution is -0.119. The molecule has 0 spiro atoms. The summed E-state index contributed by atoms with van der Waals surface area (Å²) < 4.78 is 0. The third-order valence-electron chi connectivity index (χ3n) is 3.84. The average molecular weight is 334 g/mol. The molecule has 0 saturated carbocycles. The molecule has 0 saturated heterocycles. The number of benzene rings is 1. The number of aromatic amines is 1. The summed E-state index contributed by atoms with van der Waals surface area (Å²) in [7, 11) is 0. The van der Waals surface area contributed by atoms with E-state index >= 15 is 0 Å². The number of carbonyl (C=O) groups excluding carboxylic acids is 1. The number of imidazole rings is 1. The summed E-state index contributed by atoms with van der Waals surface area (Å²) in [5.74, 6) is 2.17. The summed E-state index contributed by atoms with van der Waals surface area (Å²) in [5.41, 5.74) is 2.02. The van der Waals surface area contributed by atoms with Gasteiger partial charge >= 0.3 is 0 Å². The Morgan fingerprint density at radius 3 is 2.65 bits per heavy atom. The number of H-pyrrole nitrogens is 1. The van der Waals surface area contributed by atoms with Crippen LogP contribution in [0.2, 0.25) is 0 Å². The third kappa shape index (κ3) is 5.57. The Labute approximate surface area is 142 Å². The normalized spacial score (nSPS) is 14.1. The molecule has 4 nitrogen and oxygen atoms in total. The number of para-hydroxylation sites is 2. The largest absolute Gasteiger partial charge is 0.353 e. The number of nitrogens with zero attached hydrogens (tertiary/aromatic N) is 1. The van der Waals surface area contributed by atoms with Gasteiger partial charge in [-0.2, -0.15) is 0 Å². The van der Waals surface area contributed by atoms with Crippen molar-refractivity contribution >= 4 is 28.7 Å². The van der Waals surface area contributed by atoms with Crippen molar-refractivity contribution in [2.24, 2.45) is 5.92 Å². The van der Waals surface area contributed by atoms with Crippen LogP contribution in [0.15, 0.2) is 24.3 Å². The first-order valence-electron chi connectivity index (χ1n) is 8.31. The number of fused-ring (bicyclic) bond motifs is 1. The van der Waals surface area contributed by atoms with Gasteiger partial charge in [0.15, 0.2) is 0 Å². The van der Waals surface area contributed by atoms with Gasteiger partial charge in [-0.05, 0) is 44.7 Å². The van der Waals surface area contributed by atoms with Crippen LogP contribution in [0.25, 0.3) is 11.0 Å². The van der Waals surface area contributed by atoms with Crippen LogP contribution in [0.4, 0.5) is 0 Å². The Bertz CT molecular complexity index is 605. The Kier molecular flexibility index (Phi) is 6.51. The van der Waals surface area contributed by atoms with Crippen LogP contribution in [0.3, 0.4) is 0 Å². The summed E-state index contributed by atoms with van der Waals surface area (Å²) >= 11 is 1.61. The second-order valence-electron chi connectivity index (χ2n) is 6.53. The van der Waals surface area contributed by atoms with E-state index in [0.29, 0.717) is 11.7 Å². The number of hydrogen-bond donors (Lipinski definition) is 2. The topological polar surface area (TPSA) is 57.8 Å². The molecule has 0 aliphatic carbocycles. The lowest BCUT2D eigenvalue weighted by Gasteiger charge is -2.15. The minimum atomic E-state index is 0.106. The van der Waals surface area contributed by atoms with Crippen LogP contribution in [0, 0.1) is 5.92 Å². The predicted octanol–water partition coefficient (Wildman–Crippen LogP) is 4.30. The quantitative estimate of drug-likeness (QED) is 0.757. The fraction of sp³-hybridized carbons (Fsp3) is 0.556. The number of carbonyl (C=O) groups is 1. The average Bonchev–Trinajstić information content (AvgIpc) is 2.94. The molecule has 0 bridgehead atoms. The molecule has 2 N–H and O–H groups in total. The van der Waals surface area contributed by atoms with E-state index in [1.165, 1.54) is 0 Å². The van der Waals surface area contributed by atoms with Crippen molar-refractivity contribution in [3.63, 3.8) is 0 Å². The van der Waals surface area contributed by atoms with Crippen molar-refractivity contribution in [2.75, 3.05) is 5.75 Å². The van der Waals surface area contributed by atoms with Gasteiger partial charge in [0, 0.05) is 6.04 Å². The maximum Gasteiger partial charge on any atom is 0.230 e. The molecule has 0 aliphatic heterocycles. The molecule has 23 heavy (non-hydrogen) atoms. The van der Waals surface area contributed by atoms with Crippen molar-refractivity contribution in [2.45, 2.75) is 51.8 Å². The molecule has 126 valence electrons. The monoisotopic (exact) mass is 333 g/mol. The Morgan fingerprint density at radius 1 is 1.22 bits per heavy atom. The highest BCUT2D eigenvalue weighted by atomic mass is 32.2. The molecule has 1 heterocycles. The van der Waals surface area contributed by atoms with Crippen molar-refractivity contribution in [3.05, 3.63) is 30.1 Å². The van der Waals surface area contributed by atoms with E-state index in [4.69, 9.17) is 0 Å². The SMILES string of the molecule is CC(C)CCC(C)NC(=O)CSC(C)c1nc2ccccc2[nH]1. The Hall–Kier alpha value is -1.49. The first kappa shape index (κ1) is 17.9. The highest BCUT2D eigenvalue weighted by Gasteiger charge is 2.14. The smallest absolute Gasteiger partial charge is 0.230 e. The zero-order valence-electron chi connectivity index (χ0n) is 14.4. The van der Waals surface area contributed by atoms with E-state index in [1.807, 2.05) is 24.3 Å². The van der Waals surface area contributed by atoms with E-state index < -0.39 is 0 Å². The minimum Gasteiger partial charge on any atom is -0.353 e. The minimum absolute atomic E-state index is 0.106. The summed E-state index contributed by atoms with van der Waals surface area (Å²) in [6.07, 6.45) is 2.18. The van der Waals surface area contributed by atoms with Gasteiger partial charge < -0.3 is 10.3 Å². The molecule has 1 aromatic heterocycles. The molecular weight excluding hydrogens is 306 g/mol. The van der Waals surface area contributed by atoms with Crippen LogP contribution in [-0.4, -0.2) is 27.7 Å². The lowest BCUT2D eigenvalue weighted by Crippen LogP contribution is -2.34. The van der Waals surface area contributed by atoms with Crippen molar-refractivity contribution in [1.29, 1.82) is 0 Å². The van der Waals surface area contributed by atoms with Crippen molar-refractivity contribution in [1.82, 2.24) is 15.3 Å². The zero-order chi connectivity index (χ0) is 16.8. The first-order chi connectivity index (χ1) is 11.0. The van der Waals surface area contributed by atoms with Gasteiger partial charge in [-0.3, -0.25) is 4.79 Å². The van der Waals surface area contributed by atoms with Crippen LogP contribution in [0.5, 0.6) is 0 Å². The summed E-state index contributed by atoms with van der Waals surface area (Å²) in [4.78, 5) is 20.0. The van der Waals surface area contributed by atoms with Crippen LogP contribution < -0.4 is 5.32 Å². The maximum absolute atomic E-state index is 12.0. The van der Waals surface area contributed by atoms with Gasteiger partial charge in [0.05, 0.1) is 22.0 Å². The van der Waals surface area contributed by atoms with Crippen LogP contribution in [-0.2, 0) is 4.79 Å². The Balaban J connectivity index is 1.79. The number of aromatic nitrogens is 2. The van der Waals surface area contributed by atoms with Gasteiger partial charge in [0.2, 0.25) is 5.91 Å². The van der Waals surface area contributed by atoms with E-state index in [-0.39, 0.29) is 17.2 Å². The summed E-state index contributed by atoms with van der Waals surface area (Å²) in [6, 6.07) is 8.24. The highest BCUT2D eigenvalue weighted by molar-refractivity contribution is 8.00. The molecule has 2 rings (SSSR count). The second kappa shape index (κ2) is 8.39. The van der Waals surface area contributed by atoms with Gasteiger partial charge in [-0.25, -0.2) is 4.98 Å². The van der Waals surface area contributed by atoms with E-state index in [1.54, 1.807) is 11.8 Å². The lowest BCUT2D eigenvalue weighted by atomic mass is 10.0. The number of amides is 1. The van der Waals surface area contributed by atoms with Gasteiger partial charge in [-0.15, -0.1) is 11.8 Å². The summed E-state index contributed by atoms with van der Waals surface area (Å²) in [5, 5.41) is 3.24. The molecule has 0 radical (unpaired) electrons. The Morgan fingerprint density at radius 2 is 1.96 bits per heavy atom. The molecule has 2 atom stereocenters. The number of rotatable bonds is 8. The van der Waals surface area contributed by atoms with Gasteiger partial charge in [-0.1, -0.05) is 26.0 Å². The molecule has 0 fully saturated rings. The van der Waals surface area contributed by atoms with E-state index in [2.05, 4.69) is 43.0 Å². The molecule has 1 amide bonds. The molecule has 0 aliphatic rings. The standard InChI is InChI=1S/C18H27N3OS/c1-12(2)9-10-13(3)19-17(22)11-23-14(4)18-20-15-7-5-6-8-16(15)21-18/h5-8,12-14H,9-11H2,1-4H3,(H,19,22)(H,20,21). The van der Waals surface area contributed by atoms with Crippen molar-refractivity contribution in [3.8, 4) is 0 Å². The van der Waals surface area contributed by atoms with E-state index in [9.17, 15) is 4.79 Å². The number of hydrogen-bond acceptors (Lipinski definition) is 3. The fourth-order valence-electron chi connectivity index (χ4n) is 2.42. The fourth-order valence-corrected chi connectivity index (χ4v) is 3.17. The zero-order valence-corrected chi connectivity index (χ0v) is 15.2. The van der Waals surface area contributed by atoms with Crippen LogP contribution in [0.1, 0.15) is 51.6 Å². The molecule has 2 unspecified atom stereocenters. The number of thioether (sulfide) groups is 1. The third-order valence-corrected chi connectivity index (χ3v) is 4.99.